The summed E-state index contributed by atoms with van der Waals surface area (Å²) < 4.78 is 10.5. The number of anilines is 2. The molecule has 3 heterocycles. The van der Waals surface area contributed by atoms with E-state index in [0.29, 0.717) is 36.8 Å². The monoisotopic (exact) mass is 410 g/mol. The van der Waals surface area contributed by atoms with Crippen LogP contribution in [0, 0.1) is 0 Å². The number of hydrogen-bond donors (Lipinski definition) is 1. The van der Waals surface area contributed by atoms with E-state index in [1.54, 1.807) is 37.6 Å². The van der Waals surface area contributed by atoms with Gasteiger partial charge in [-0.05, 0) is 37.1 Å². The van der Waals surface area contributed by atoms with Crippen LogP contribution in [-0.2, 0) is 9.53 Å². The molecule has 0 spiro atoms. The van der Waals surface area contributed by atoms with E-state index in [1.165, 1.54) is 0 Å². The third kappa shape index (κ3) is 4.54. The van der Waals surface area contributed by atoms with Crippen LogP contribution in [-0.4, -0.2) is 67.7 Å². The van der Waals surface area contributed by atoms with Gasteiger partial charge >= 0.3 is 0 Å². The van der Waals surface area contributed by atoms with Gasteiger partial charge in [-0.15, -0.1) is 0 Å². The lowest BCUT2D eigenvalue weighted by Gasteiger charge is -2.36. The van der Waals surface area contributed by atoms with Gasteiger partial charge in [-0.25, -0.2) is 4.98 Å². The SMILES string of the molecule is COc1ccc(N2CCN(C(=O)c3cccc(NC(=O)C4CCCO4)c3)CC2)cn1. The number of aromatic nitrogens is 1. The summed E-state index contributed by atoms with van der Waals surface area (Å²) >= 11 is 0. The lowest BCUT2D eigenvalue weighted by atomic mass is 10.1. The van der Waals surface area contributed by atoms with Crippen molar-refractivity contribution in [2.75, 3.05) is 50.1 Å². The molecule has 1 aromatic heterocycles. The molecule has 0 bridgehead atoms. The Bertz CT molecular complexity index is 888. The number of methoxy groups -OCH3 is 1. The normalized spacial score (nSPS) is 18.9. The Balaban J connectivity index is 1.35. The largest absolute Gasteiger partial charge is 0.481 e. The Labute approximate surface area is 175 Å². The van der Waals surface area contributed by atoms with Crippen LogP contribution in [0.4, 0.5) is 11.4 Å². The predicted molar refractivity (Wildman–Crippen MR) is 113 cm³/mol. The molecular formula is C22H26N4O4. The van der Waals surface area contributed by atoms with E-state index < -0.39 is 6.10 Å². The van der Waals surface area contributed by atoms with Crippen LogP contribution in [0.2, 0.25) is 0 Å². The molecule has 8 heteroatoms. The number of benzene rings is 1. The first kappa shape index (κ1) is 20.2. The fourth-order valence-electron chi connectivity index (χ4n) is 3.77. The first-order valence-corrected chi connectivity index (χ1v) is 10.2. The molecule has 158 valence electrons. The van der Waals surface area contributed by atoms with E-state index in [9.17, 15) is 9.59 Å². The summed E-state index contributed by atoms with van der Waals surface area (Å²) in [6, 6.07) is 10.9. The molecule has 0 radical (unpaired) electrons. The van der Waals surface area contributed by atoms with Gasteiger partial charge in [0.25, 0.3) is 11.8 Å². The van der Waals surface area contributed by atoms with Crippen LogP contribution in [0.25, 0.3) is 0 Å². The molecule has 2 saturated heterocycles. The number of amides is 2. The summed E-state index contributed by atoms with van der Waals surface area (Å²) in [4.78, 5) is 33.5. The van der Waals surface area contributed by atoms with Crippen LogP contribution in [0.15, 0.2) is 42.6 Å². The quantitative estimate of drug-likeness (QED) is 0.813. The fraction of sp³-hybridized carbons (Fsp3) is 0.409. The Hall–Kier alpha value is -3.13. The average Bonchev–Trinajstić information content (AvgIpc) is 3.34. The van der Waals surface area contributed by atoms with Gasteiger partial charge in [-0.1, -0.05) is 6.07 Å². The number of nitrogens with zero attached hydrogens (tertiary/aromatic N) is 3. The Morgan fingerprint density at radius 3 is 2.67 bits per heavy atom. The highest BCUT2D eigenvalue weighted by atomic mass is 16.5. The second kappa shape index (κ2) is 9.13. The van der Waals surface area contributed by atoms with Crippen LogP contribution < -0.4 is 15.0 Å². The van der Waals surface area contributed by atoms with Crippen molar-refractivity contribution >= 4 is 23.2 Å². The topological polar surface area (TPSA) is 84.0 Å². The van der Waals surface area contributed by atoms with Crippen LogP contribution in [0.3, 0.4) is 0 Å². The number of hydrogen-bond acceptors (Lipinski definition) is 6. The standard InChI is InChI=1S/C22H26N4O4/c1-29-20-8-7-18(15-23-20)25-9-11-26(12-10-25)22(28)16-4-2-5-17(14-16)24-21(27)19-6-3-13-30-19/h2,4-5,7-8,14-15,19H,3,6,9-13H2,1H3,(H,24,27). The predicted octanol–water partition coefficient (Wildman–Crippen LogP) is 2.17. The van der Waals surface area contributed by atoms with Crippen molar-refractivity contribution in [3.63, 3.8) is 0 Å². The van der Waals surface area contributed by atoms with Gasteiger partial charge < -0.3 is 24.6 Å². The Morgan fingerprint density at radius 1 is 1.17 bits per heavy atom. The molecule has 2 amide bonds. The number of carbonyl (C=O) groups is 2. The molecule has 0 saturated carbocycles. The lowest BCUT2D eigenvalue weighted by Crippen LogP contribution is -2.48. The highest BCUT2D eigenvalue weighted by Gasteiger charge is 2.25. The lowest BCUT2D eigenvalue weighted by molar-refractivity contribution is -0.124. The smallest absolute Gasteiger partial charge is 0.254 e. The van der Waals surface area contributed by atoms with Crippen molar-refractivity contribution in [1.82, 2.24) is 9.88 Å². The Kier molecular flexibility index (Phi) is 6.13. The molecule has 2 aliphatic heterocycles. The Morgan fingerprint density at radius 2 is 2.00 bits per heavy atom. The molecule has 4 rings (SSSR count). The fourth-order valence-corrected chi connectivity index (χ4v) is 3.77. The molecule has 2 fully saturated rings. The number of nitrogens with one attached hydrogen (secondary N) is 1. The first-order chi connectivity index (χ1) is 14.6. The number of pyridine rings is 1. The van der Waals surface area contributed by atoms with E-state index >= 15 is 0 Å². The summed E-state index contributed by atoms with van der Waals surface area (Å²) in [5, 5.41) is 2.86. The number of ether oxygens (including phenoxy) is 2. The third-order valence-electron chi connectivity index (χ3n) is 5.46. The van der Waals surface area contributed by atoms with Gasteiger partial charge in [0.1, 0.15) is 6.10 Å². The van der Waals surface area contributed by atoms with Crippen LogP contribution >= 0.6 is 0 Å². The molecule has 30 heavy (non-hydrogen) atoms. The van der Waals surface area contributed by atoms with E-state index in [4.69, 9.17) is 9.47 Å². The second-order valence-electron chi connectivity index (χ2n) is 7.41. The minimum Gasteiger partial charge on any atom is -0.481 e. The summed E-state index contributed by atoms with van der Waals surface area (Å²) in [5.74, 6) is 0.397. The molecule has 1 aromatic carbocycles. The van der Waals surface area contributed by atoms with Crippen molar-refractivity contribution < 1.29 is 19.1 Å². The number of rotatable bonds is 5. The highest BCUT2D eigenvalue weighted by molar-refractivity contribution is 5.98. The average molecular weight is 410 g/mol. The summed E-state index contributed by atoms with van der Waals surface area (Å²) in [7, 11) is 1.59. The maximum atomic E-state index is 13.0. The molecule has 2 aliphatic rings. The second-order valence-corrected chi connectivity index (χ2v) is 7.41. The van der Waals surface area contributed by atoms with Crippen LogP contribution in [0.1, 0.15) is 23.2 Å². The van der Waals surface area contributed by atoms with Gasteiger partial charge in [-0.3, -0.25) is 9.59 Å². The summed E-state index contributed by atoms with van der Waals surface area (Å²) in [6.07, 6.45) is 3.02. The summed E-state index contributed by atoms with van der Waals surface area (Å²) in [6.45, 7) is 3.33. The van der Waals surface area contributed by atoms with Gasteiger partial charge in [0, 0.05) is 50.1 Å². The molecule has 8 nitrogen and oxygen atoms in total. The van der Waals surface area contributed by atoms with E-state index in [2.05, 4.69) is 15.2 Å². The van der Waals surface area contributed by atoms with E-state index in [0.717, 1.165) is 31.6 Å². The zero-order valence-corrected chi connectivity index (χ0v) is 17.0. The minimum atomic E-state index is -0.398. The van der Waals surface area contributed by atoms with Crippen molar-refractivity contribution in [3.05, 3.63) is 48.2 Å². The highest BCUT2D eigenvalue weighted by Crippen LogP contribution is 2.20. The maximum absolute atomic E-state index is 13.0. The van der Waals surface area contributed by atoms with Gasteiger partial charge in [0.05, 0.1) is 19.0 Å². The zero-order valence-electron chi connectivity index (χ0n) is 17.0. The van der Waals surface area contributed by atoms with Gasteiger partial charge in [-0.2, -0.15) is 0 Å². The zero-order chi connectivity index (χ0) is 20.9. The molecule has 1 N–H and O–H groups in total. The summed E-state index contributed by atoms with van der Waals surface area (Å²) in [5.41, 5.74) is 2.20. The first-order valence-electron chi connectivity index (χ1n) is 10.2. The molecule has 2 aromatic rings. The molecule has 0 aliphatic carbocycles. The van der Waals surface area contributed by atoms with Crippen molar-refractivity contribution in [1.29, 1.82) is 0 Å². The number of piperazine rings is 1. The van der Waals surface area contributed by atoms with Crippen molar-refractivity contribution in [2.24, 2.45) is 0 Å². The van der Waals surface area contributed by atoms with Crippen molar-refractivity contribution in [2.45, 2.75) is 18.9 Å². The minimum absolute atomic E-state index is 0.0317. The van der Waals surface area contributed by atoms with Crippen molar-refractivity contribution in [3.8, 4) is 5.88 Å². The van der Waals surface area contributed by atoms with E-state index in [-0.39, 0.29) is 11.8 Å². The molecular weight excluding hydrogens is 384 g/mol. The number of carbonyl (C=O) groups excluding carboxylic acids is 2. The maximum Gasteiger partial charge on any atom is 0.254 e. The van der Waals surface area contributed by atoms with Gasteiger partial charge in [0.15, 0.2) is 0 Å². The van der Waals surface area contributed by atoms with Gasteiger partial charge in [0.2, 0.25) is 5.88 Å². The molecule has 1 unspecified atom stereocenters. The van der Waals surface area contributed by atoms with E-state index in [1.807, 2.05) is 17.0 Å². The molecule has 1 atom stereocenters. The third-order valence-corrected chi connectivity index (χ3v) is 5.46. The van der Waals surface area contributed by atoms with Crippen LogP contribution in [0.5, 0.6) is 5.88 Å².